The molecule has 0 aromatic heterocycles. The number of hydrogen-bond donors (Lipinski definition) is 0. The van der Waals surface area contributed by atoms with E-state index in [4.69, 9.17) is 0 Å². The van der Waals surface area contributed by atoms with E-state index in [1.807, 2.05) is 0 Å². The predicted octanol–water partition coefficient (Wildman–Crippen LogP) is 3.24. The highest BCUT2D eigenvalue weighted by Gasteiger charge is 2.15. The zero-order chi connectivity index (χ0) is 12.3. The molecule has 0 radical (unpaired) electrons. The number of halogens is 2. The number of nitro groups is 1. The average molecular weight is 227 g/mol. The molecule has 0 heterocycles. The third-order valence-corrected chi connectivity index (χ3v) is 2.00. The van der Waals surface area contributed by atoms with Crippen LogP contribution >= 0.6 is 0 Å². The van der Waals surface area contributed by atoms with E-state index in [9.17, 15) is 18.9 Å². The van der Waals surface area contributed by atoms with E-state index in [1.54, 1.807) is 13.8 Å². The smallest absolute Gasteiger partial charge is 0.249 e. The Morgan fingerprint density at radius 1 is 1.31 bits per heavy atom. The van der Waals surface area contributed by atoms with Crippen LogP contribution in [0.2, 0.25) is 0 Å². The molecule has 0 N–H and O–H groups in total. The van der Waals surface area contributed by atoms with Gasteiger partial charge in [-0.25, -0.2) is 8.78 Å². The lowest BCUT2D eigenvalue weighted by Gasteiger charge is -2.02. The number of allylic oxidation sites excluding steroid dienone is 1. The highest BCUT2D eigenvalue weighted by atomic mass is 19.1. The number of nitrogens with zero attached hydrogens (tertiary/aromatic N) is 1. The van der Waals surface area contributed by atoms with Crippen molar-refractivity contribution in [3.05, 3.63) is 51.2 Å². The Morgan fingerprint density at radius 2 is 1.81 bits per heavy atom. The summed E-state index contributed by atoms with van der Waals surface area (Å²) in [6.07, 6.45) is 1.18. The SMILES string of the molecule is CC(C)/C(=C/c1cc(F)cc(F)c1)[N+](=O)[O-]. The summed E-state index contributed by atoms with van der Waals surface area (Å²) in [6.45, 7) is 3.29. The number of hydrogen-bond acceptors (Lipinski definition) is 2. The third-order valence-electron chi connectivity index (χ3n) is 2.00. The standard InChI is InChI=1S/C11H11F2NO2/c1-7(2)11(14(15)16)5-8-3-9(12)6-10(13)4-8/h3-7H,1-2H3/b11-5-. The normalized spacial score (nSPS) is 11.9. The van der Waals surface area contributed by atoms with Crippen molar-refractivity contribution in [2.24, 2.45) is 5.92 Å². The van der Waals surface area contributed by atoms with E-state index in [-0.39, 0.29) is 17.2 Å². The van der Waals surface area contributed by atoms with Crippen molar-refractivity contribution >= 4 is 6.08 Å². The van der Waals surface area contributed by atoms with Crippen molar-refractivity contribution in [3.8, 4) is 0 Å². The van der Waals surface area contributed by atoms with E-state index < -0.39 is 16.6 Å². The van der Waals surface area contributed by atoms with Gasteiger partial charge >= 0.3 is 0 Å². The molecule has 0 aliphatic carbocycles. The first-order valence-corrected chi connectivity index (χ1v) is 4.72. The minimum atomic E-state index is -0.752. The van der Waals surface area contributed by atoms with Gasteiger partial charge in [-0.2, -0.15) is 0 Å². The summed E-state index contributed by atoms with van der Waals surface area (Å²) < 4.78 is 25.7. The molecule has 0 aliphatic heterocycles. The van der Waals surface area contributed by atoms with Gasteiger partial charge in [0.05, 0.1) is 4.92 Å². The summed E-state index contributed by atoms with van der Waals surface area (Å²) in [5, 5.41) is 10.7. The van der Waals surface area contributed by atoms with Gasteiger partial charge in [0.15, 0.2) is 0 Å². The summed E-state index contributed by atoms with van der Waals surface area (Å²) in [5.41, 5.74) is 0.0721. The molecule has 16 heavy (non-hydrogen) atoms. The Bertz CT molecular complexity index is 421. The van der Waals surface area contributed by atoms with Crippen molar-refractivity contribution < 1.29 is 13.7 Å². The second-order valence-electron chi connectivity index (χ2n) is 3.68. The van der Waals surface area contributed by atoms with Crippen LogP contribution in [0.5, 0.6) is 0 Å². The predicted molar refractivity (Wildman–Crippen MR) is 56.2 cm³/mol. The lowest BCUT2D eigenvalue weighted by Crippen LogP contribution is -2.05. The molecule has 0 unspecified atom stereocenters. The van der Waals surface area contributed by atoms with Crippen molar-refractivity contribution in [2.75, 3.05) is 0 Å². The van der Waals surface area contributed by atoms with E-state index in [0.717, 1.165) is 18.2 Å². The largest absolute Gasteiger partial charge is 0.259 e. The van der Waals surface area contributed by atoms with E-state index in [1.165, 1.54) is 6.08 Å². The minimum Gasteiger partial charge on any atom is -0.259 e. The van der Waals surface area contributed by atoms with Crippen LogP contribution in [0.25, 0.3) is 6.08 Å². The first kappa shape index (κ1) is 12.3. The lowest BCUT2D eigenvalue weighted by atomic mass is 10.1. The maximum Gasteiger partial charge on any atom is 0.249 e. The van der Waals surface area contributed by atoms with Gasteiger partial charge in [-0.15, -0.1) is 0 Å². The third kappa shape index (κ3) is 3.12. The molecule has 1 aromatic rings. The van der Waals surface area contributed by atoms with Gasteiger partial charge < -0.3 is 0 Å². The van der Waals surface area contributed by atoms with Crippen LogP contribution in [-0.4, -0.2) is 4.92 Å². The average Bonchev–Trinajstić information content (AvgIpc) is 2.11. The summed E-state index contributed by atoms with van der Waals surface area (Å²) in [4.78, 5) is 10.1. The Kier molecular flexibility index (Phi) is 3.71. The van der Waals surface area contributed by atoms with E-state index in [2.05, 4.69) is 0 Å². The fourth-order valence-corrected chi connectivity index (χ4v) is 1.26. The lowest BCUT2D eigenvalue weighted by molar-refractivity contribution is -0.431. The highest BCUT2D eigenvalue weighted by Crippen LogP contribution is 2.17. The van der Waals surface area contributed by atoms with Gasteiger partial charge in [-0.1, -0.05) is 13.8 Å². The van der Waals surface area contributed by atoms with Crippen LogP contribution < -0.4 is 0 Å². The van der Waals surface area contributed by atoms with Gasteiger partial charge in [-0.05, 0) is 17.7 Å². The molecule has 1 aromatic carbocycles. The van der Waals surface area contributed by atoms with Crippen LogP contribution in [0.4, 0.5) is 8.78 Å². The first-order valence-electron chi connectivity index (χ1n) is 4.72. The molecule has 0 amide bonds. The first-order chi connectivity index (χ1) is 7.40. The topological polar surface area (TPSA) is 43.1 Å². The molecule has 0 atom stereocenters. The molecule has 0 fully saturated rings. The Balaban J connectivity index is 3.17. The van der Waals surface area contributed by atoms with E-state index >= 15 is 0 Å². The van der Waals surface area contributed by atoms with Gasteiger partial charge in [0, 0.05) is 18.1 Å². The zero-order valence-corrected chi connectivity index (χ0v) is 8.91. The summed E-state index contributed by atoms with van der Waals surface area (Å²) in [7, 11) is 0. The van der Waals surface area contributed by atoms with Crippen molar-refractivity contribution in [1.82, 2.24) is 0 Å². The van der Waals surface area contributed by atoms with Crippen LogP contribution in [0.1, 0.15) is 19.4 Å². The Labute approximate surface area is 91.6 Å². The molecule has 0 bridgehead atoms. The highest BCUT2D eigenvalue weighted by molar-refractivity contribution is 5.51. The second kappa shape index (κ2) is 4.83. The molecule has 1 rings (SSSR count). The van der Waals surface area contributed by atoms with Gasteiger partial charge in [0.1, 0.15) is 11.6 Å². The summed E-state index contributed by atoms with van der Waals surface area (Å²) in [6, 6.07) is 2.82. The molecule has 3 nitrogen and oxygen atoms in total. The molecular weight excluding hydrogens is 216 g/mol. The number of rotatable bonds is 3. The molecule has 0 saturated heterocycles. The fourth-order valence-electron chi connectivity index (χ4n) is 1.26. The maximum absolute atomic E-state index is 12.8. The molecule has 86 valence electrons. The van der Waals surface area contributed by atoms with Crippen LogP contribution in [0, 0.1) is 27.7 Å². The number of benzene rings is 1. The van der Waals surface area contributed by atoms with Crippen molar-refractivity contribution in [2.45, 2.75) is 13.8 Å². The van der Waals surface area contributed by atoms with Crippen LogP contribution in [-0.2, 0) is 0 Å². The Hall–Kier alpha value is -1.78. The monoisotopic (exact) mass is 227 g/mol. The van der Waals surface area contributed by atoms with Crippen LogP contribution in [0.3, 0.4) is 0 Å². The van der Waals surface area contributed by atoms with Crippen molar-refractivity contribution in [1.29, 1.82) is 0 Å². The second-order valence-corrected chi connectivity index (χ2v) is 3.68. The summed E-state index contributed by atoms with van der Waals surface area (Å²) >= 11 is 0. The van der Waals surface area contributed by atoms with Crippen LogP contribution in [0.15, 0.2) is 23.9 Å². The van der Waals surface area contributed by atoms with E-state index in [0.29, 0.717) is 0 Å². The maximum atomic E-state index is 12.8. The molecule has 5 heteroatoms. The quantitative estimate of drug-likeness (QED) is 0.587. The zero-order valence-electron chi connectivity index (χ0n) is 8.91. The van der Waals surface area contributed by atoms with Gasteiger partial charge in [-0.3, -0.25) is 10.1 Å². The molecule has 0 saturated carbocycles. The molecule has 0 spiro atoms. The minimum absolute atomic E-state index is 0.0787. The van der Waals surface area contributed by atoms with Gasteiger partial charge in [0.25, 0.3) is 0 Å². The Morgan fingerprint density at radius 3 is 2.19 bits per heavy atom. The molecule has 0 aliphatic rings. The van der Waals surface area contributed by atoms with Gasteiger partial charge in [0.2, 0.25) is 5.70 Å². The fraction of sp³-hybridized carbons (Fsp3) is 0.273. The summed E-state index contributed by atoms with van der Waals surface area (Å²) in [5.74, 6) is -1.82. The molecular formula is C11H11F2NO2. The van der Waals surface area contributed by atoms with Crippen molar-refractivity contribution in [3.63, 3.8) is 0 Å².